The molecule has 0 bridgehead atoms. The van der Waals surface area contributed by atoms with Crippen molar-refractivity contribution in [3.63, 3.8) is 0 Å². The Labute approximate surface area is 131 Å². The van der Waals surface area contributed by atoms with E-state index in [-0.39, 0.29) is 5.56 Å². The lowest BCUT2D eigenvalue weighted by Gasteiger charge is -2.14. The molecule has 1 aromatic heterocycles. The standard InChI is InChI=1S/C14H9F3INO2/c15-14(16,17)12-2-1-3-13(21)19(12)8-11(20)9-4-6-10(18)7-5-9/h1-7H,8H2. The summed E-state index contributed by atoms with van der Waals surface area (Å²) in [5, 5.41) is 0. The van der Waals surface area contributed by atoms with Crippen LogP contribution in [0.2, 0.25) is 0 Å². The van der Waals surface area contributed by atoms with E-state index < -0.39 is 29.8 Å². The molecule has 0 N–H and O–H groups in total. The van der Waals surface area contributed by atoms with E-state index in [1.54, 1.807) is 12.1 Å². The minimum Gasteiger partial charge on any atom is -0.297 e. The topological polar surface area (TPSA) is 39.1 Å². The van der Waals surface area contributed by atoms with Crippen LogP contribution >= 0.6 is 22.6 Å². The van der Waals surface area contributed by atoms with E-state index in [1.165, 1.54) is 12.1 Å². The van der Waals surface area contributed by atoms with Gasteiger partial charge in [0.15, 0.2) is 5.78 Å². The van der Waals surface area contributed by atoms with E-state index >= 15 is 0 Å². The van der Waals surface area contributed by atoms with Crippen molar-refractivity contribution in [3.05, 3.63) is 67.6 Å². The van der Waals surface area contributed by atoms with Crippen LogP contribution in [0.15, 0.2) is 47.3 Å². The van der Waals surface area contributed by atoms with Crippen molar-refractivity contribution in [1.82, 2.24) is 4.57 Å². The van der Waals surface area contributed by atoms with Crippen LogP contribution in [0.5, 0.6) is 0 Å². The quantitative estimate of drug-likeness (QED) is 0.579. The SMILES string of the molecule is O=C(Cn1c(C(F)(F)F)cccc1=O)c1ccc(I)cc1. The van der Waals surface area contributed by atoms with Crippen LogP contribution in [0, 0.1) is 3.57 Å². The Hall–Kier alpha value is -1.64. The first kappa shape index (κ1) is 15.7. The summed E-state index contributed by atoms with van der Waals surface area (Å²) in [4.78, 5) is 23.6. The molecule has 0 fully saturated rings. The number of aromatic nitrogens is 1. The highest BCUT2D eigenvalue weighted by Crippen LogP contribution is 2.28. The molecule has 0 aliphatic rings. The van der Waals surface area contributed by atoms with Gasteiger partial charge in [0.25, 0.3) is 5.56 Å². The molecule has 0 saturated heterocycles. The largest absolute Gasteiger partial charge is 0.431 e. The van der Waals surface area contributed by atoms with E-state index in [0.29, 0.717) is 4.57 Å². The van der Waals surface area contributed by atoms with Crippen LogP contribution in [-0.4, -0.2) is 10.4 Å². The van der Waals surface area contributed by atoms with Gasteiger partial charge in [0.2, 0.25) is 0 Å². The molecule has 7 heteroatoms. The molecule has 0 unspecified atom stereocenters. The second kappa shape index (κ2) is 6.00. The van der Waals surface area contributed by atoms with E-state index in [9.17, 15) is 22.8 Å². The Balaban J connectivity index is 2.38. The number of Topliss-reactive ketones (excluding diaryl/α,β-unsaturated/α-hetero) is 1. The molecular weight excluding hydrogens is 398 g/mol. The Kier molecular flexibility index (Phi) is 4.50. The number of nitrogens with zero attached hydrogens (tertiary/aromatic N) is 1. The third-order valence-corrected chi connectivity index (χ3v) is 3.53. The fraction of sp³-hybridized carbons (Fsp3) is 0.143. The lowest BCUT2D eigenvalue weighted by atomic mass is 10.1. The van der Waals surface area contributed by atoms with Gasteiger partial charge in [0.05, 0.1) is 6.54 Å². The number of rotatable bonds is 3. The highest BCUT2D eigenvalue weighted by Gasteiger charge is 2.34. The van der Waals surface area contributed by atoms with E-state index in [1.807, 2.05) is 22.6 Å². The van der Waals surface area contributed by atoms with Gasteiger partial charge >= 0.3 is 6.18 Å². The molecule has 2 rings (SSSR count). The molecule has 0 atom stereocenters. The normalized spacial score (nSPS) is 11.4. The maximum Gasteiger partial charge on any atom is 0.431 e. The molecule has 0 aliphatic heterocycles. The predicted molar refractivity (Wildman–Crippen MR) is 79.2 cm³/mol. The number of benzene rings is 1. The van der Waals surface area contributed by atoms with Crippen molar-refractivity contribution in [2.24, 2.45) is 0 Å². The zero-order chi connectivity index (χ0) is 15.6. The first-order valence-electron chi connectivity index (χ1n) is 5.85. The number of alkyl halides is 3. The Morgan fingerprint density at radius 2 is 1.71 bits per heavy atom. The van der Waals surface area contributed by atoms with E-state index in [0.717, 1.165) is 21.8 Å². The van der Waals surface area contributed by atoms with Crippen molar-refractivity contribution < 1.29 is 18.0 Å². The zero-order valence-electron chi connectivity index (χ0n) is 10.5. The predicted octanol–water partition coefficient (Wildman–Crippen LogP) is 3.35. The van der Waals surface area contributed by atoms with Crippen LogP contribution in [0.25, 0.3) is 0 Å². The Bertz CT molecular complexity index is 720. The van der Waals surface area contributed by atoms with Crippen molar-refractivity contribution in [2.45, 2.75) is 12.7 Å². The van der Waals surface area contributed by atoms with Gasteiger partial charge < -0.3 is 0 Å². The lowest BCUT2D eigenvalue weighted by molar-refractivity contribution is -0.144. The average Bonchev–Trinajstić information content (AvgIpc) is 2.40. The summed E-state index contributed by atoms with van der Waals surface area (Å²) >= 11 is 2.05. The van der Waals surface area contributed by atoms with Gasteiger partial charge in [-0.1, -0.05) is 18.2 Å². The van der Waals surface area contributed by atoms with Crippen LogP contribution in [0.4, 0.5) is 13.2 Å². The van der Waals surface area contributed by atoms with E-state index in [2.05, 4.69) is 0 Å². The van der Waals surface area contributed by atoms with Crippen LogP contribution in [0.3, 0.4) is 0 Å². The van der Waals surface area contributed by atoms with Gasteiger partial charge in [-0.05, 0) is 40.8 Å². The first-order chi connectivity index (χ1) is 9.79. The summed E-state index contributed by atoms with van der Waals surface area (Å²) in [5.74, 6) is -0.551. The van der Waals surface area contributed by atoms with Crippen molar-refractivity contribution in [3.8, 4) is 0 Å². The van der Waals surface area contributed by atoms with Crippen molar-refractivity contribution in [2.75, 3.05) is 0 Å². The lowest BCUT2D eigenvalue weighted by Crippen LogP contribution is -2.30. The Morgan fingerprint density at radius 1 is 1.10 bits per heavy atom. The summed E-state index contributed by atoms with van der Waals surface area (Å²) in [6.45, 7) is -0.644. The fourth-order valence-electron chi connectivity index (χ4n) is 1.80. The van der Waals surface area contributed by atoms with Gasteiger partial charge in [-0.25, -0.2) is 0 Å². The summed E-state index contributed by atoms with van der Waals surface area (Å²) in [6.07, 6.45) is -4.69. The van der Waals surface area contributed by atoms with Gasteiger partial charge in [0.1, 0.15) is 5.69 Å². The summed E-state index contributed by atoms with van der Waals surface area (Å²) in [7, 11) is 0. The molecule has 110 valence electrons. The van der Waals surface area contributed by atoms with Crippen LogP contribution < -0.4 is 5.56 Å². The molecule has 0 amide bonds. The molecule has 0 aliphatic carbocycles. The number of pyridine rings is 1. The van der Waals surface area contributed by atoms with Gasteiger partial charge in [-0.3, -0.25) is 14.2 Å². The number of halogens is 4. The number of ketones is 1. The molecule has 3 nitrogen and oxygen atoms in total. The highest BCUT2D eigenvalue weighted by atomic mass is 127. The first-order valence-corrected chi connectivity index (χ1v) is 6.93. The second-order valence-electron chi connectivity index (χ2n) is 4.26. The molecule has 21 heavy (non-hydrogen) atoms. The molecule has 2 aromatic rings. The average molecular weight is 407 g/mol. The Morgan fingerprint density at radius 3 is 2.29 bits per heavy atom. The third kappa shape index (κ3) is 3.72. The van der Waals surface area contributed by atoms with Gasteiger partial charge in [-0.15, -0.1) is 0 Å². The van der Waals surface area contributed by atoms with Gasteiger partial charge in [0, 0.05) is 15.2 Å². The maximum absolute atomic E-state index is 12.9. The highest BCUT2D eigenvalue weighted by molar-refractivity contribution is 14.1. The third-order valence-electron chi connectivity index (χ3n) is 2.81. The van der Waals surface area contributed by atoms with Crippen molar-refractivity contribution >= 4 is 28.4 Å². The molecule has 0 saturated carbocycles. The smallest absolute Gasteiger partial charge is 0.297 e. The van der Waals surface area contributed by atoms with Crippen molar-refractivity contribution in [1.29, 1.82) is 0 Å². The molecular formula is C14H9F3INO2. The number of carbonyl (C=O) groups is 1. The molecule has 1 heterocycles. The molecule has 0 radical (unpaired) electrons. The zero-order valence-corrected chi connectivity index (χ0v) is 12.7. The monoisotopic (exact) mass is 407 g/mol. The maximum atomic E-state index is 12.9. The fourth-order valence-corrected chi connectivity index (χ4v) is 2.16. The minimum atomic E-state index is -4.69. The van der Waals surface area contributed by atoms with Crippen LogP contribution in [0.1, 0.15) is 16.1 Å². The number of carbonyl (C=O) groups excluding carboxylic acids is 1. The minimum absolute atomic E-state index is 0.263. The molecule has 0 spiro atoms. The van der Waals surface area contributed by atoms with Gasteiger partial charge in [-0.2, -0.15) is 13.2 Å². The summed E-state index contributed by atoms with van der Waals surface area (Å²) in [6, 6.07) is 9.19. The number of hydrogen-bond acceptors (Lipinski definition) is 2. The molecule has 1 aromatic carbocycles. The van der Waals surface area contributed by atoms with Crippen LogP contribution in [-0.2, 0) is 12.7 Å². The number of hydrogen-bond donors (Lipinski definition) is 0. The summed E-state index contributed by atoms with van der Waals surface area (Å²) < 4.78 is 39.9. The second-order valence-corrected chi connectivity index (χ2v) is 5.51. The summed E-state index contributed by atoms with van der Waals surface area (Å²) in [5.41, 5.74) is -1.73. The van der Waals surface area contributed by atoms with E-state index in [4.69, 9.17) is 0 Å².